The Hall–Kier alpha value is -3.55. The van der Waals surface area contributed by atoms with E-state index in [2.05, 4.69) is 20.6 Å². The number of benzene rings is 1. The van der Waals surface area contributed by atoms with E-state index in [1.165, 1.54) is 12.4 Å². The van der Waals surface area contributed by atoms with E-state index in [1.807, 2.05) is 18.2 Å². The molecule has 3 rings (SSSR count). The van der Waals surface area contributed by atoms with Crippen LogP contribution in [0.5, 0.6) is 11.5 Å². The summed E-state index contributed by atoms with van der Waals surface area (Å²) in [4.78, 5) is 20.4. The molecule has 3 aromatic rings. The zero-order valence-electron chi connectivity index (χ0n) is 15.1. The van der Waals surface area contributed by atoms with Crippen LogP contribution in [0.1, 0.15) is 21.7 Å². The summed E-state index contributed by atoms with van der Waals surface area (Å²) >= 11 is 0. The van der Waals surface area contributed by atoms with Gasteiger partial charge in [-0.3, -0.25) is 4.79 Å². The van der Waals surface area contributed by atoms with Gasteiger partial charge < -0.3 is 24.5 Å². The Bertz CT molecular complexity index is 879. The lowest BCUT2D eigenvalue weighted by molar-refractivity contribution is 0.0947. The Balaban J connectivity index is 1.55. The lowest BCUT2D eigenvalue weighted by atomic mass is 10.2. The van der Waals surface area contributed by atoms with Crippen molar-refractivity contribution in [1.29, 1.82) is 0 Å². The number of anilines is 1. The molecule has 8 nitrogen and oxygen atoms in total. The van der Waals surface area contributed by atoms with Gasteiger partial charge >= 0.3 is 0 Å². The molecule has 2 N–H and O–H groups in total. The van der Waals surface area contributed by atoms with Gasteiger partial charge in [-0.2, -0.15) is 0 Å². The third-order valence-electron chi connectivity index (χ3n) is 3.82. The smallest absolute Gasteiger partial charge is 0.254 e. The average molecular weight is 368 g/mol. The molecule has 0 aliphatic rings. The van der Waals surface area contributed by atoms with Gasteiger partial charge in [-0.25, -0.2) is 9.97 Å². The second kappa shape index (κ2) is 8.70. The van der Waals surface area contributed by atoms with Gasteiger partial charge in [-0.15, -0.1) is 0 Å². The van der Waals surface area contributed by atoms with Crippen LogP contribution in [0.15, 0.2) is 53.4 Å². The first-order chi connectivity index (χ1) is 13.2. The molecule has 0 fully saturated rings. The minimum Gasteiger partial charge on any atom is -0.493 e. The third kappa shape index (κ3) is 4.75. The molecule has 0 bridgehead atoms. The van der Waals surface area contributed by atoms with Crippen LogP contribution in [0.2, 0.25) is 0 Å². The van der Waals surface area contributed by atoms with Crippen LogP contribution in [-0.2, 0) is 13.1 Å². The fourth-order valence-corrected chi connectivity index (χ4v) is 2.39. The van der Waals surface area contributed by atoms with Crippen molar-refractivity contribution >= 4 is 11.9 Å². The van der Waals surface area contributed by atoms with E-state index in [4.69, 9.17) is 13.9 Å². The number of furan rings is 1. The highest BCUT2D eigenvalue weighted by atomic mass is 16.5. The predicted octanol–water partition coefficient (Wildman–Crippen LogP) is 2.63. The molecule has 2 heterocycles. The van der Waals surface area contributed by atoms with Gasteiger partial charge in [0.25, 0.3) is 5.91 Å². The van der Waals surface area contributed by atoms with Gasteiger partial charge in [0.05, 0.1) is 32.6 Å². The van der Waals surface area contributed by atoms with Crippen LogP contribution in [0, 0.1) is 0 Å². The molecule has 0 saturated heterocycles. The van der Waals surface area contributed by atoms with Crippen LogP contribution in [0.3, 0.4) is 0 Å². The van der Waals surface area contributed by atoms with E-state index < -0.39 is 0 Å². The fraction of sp³-hybridized carbons (Fsp3) is 0.211. The summed E-state index contributed by atoms with van der Waals surface area (Å²) in [5.74, 6) is 2.16. The zero-order chi connectivity index (χ0) is 19.1. The molecule has 27 heavy (non-hydrogen) atoms. The maximum Gasteiger partial charge on any atom is 0.254 e. The molecule has 0 saturated carbocycles. The molecule has 8 heteroatoms. The number of hydrogen-bond donors (Lipinski definition) is 2. The van der Waals surface area contributed by atoms with E-state index in [9.17, 15) is 4.79 Å². The molecule has 0 unspecified atom stereocenters. The van der Waals surface area contributed by atoms with Crippen molar-refractivity contribution in [3.63, 3.8) is 0 Å². The van der Waals surface area contributed by atoms with E-state index in [-0.39, 0.29) is 5.91 Å². The molecule has 0 atom stereocenters. The van der Waals surface area contributed by atoms with Crippen LogP contribution in [0.25, 0.3) is 0 Å². The summed E-state index contributed by atoms with van der Waals surface area (Å²) in [6, 6.07) is 9.19. The third-order valence-corrected chi connectivity index (χ3v) is 3.82. The molecule has 1 amide bonds. The van der Waals surface area contributed by atoms with Crippen molar-refractivity contribution in [3.8, 4) is 11.5 Å². The number of hydrogen-bond acceptors (Lipinski definition) is 7. The number of nitrogens with one attached hydrogen (secondary N) is 2. The average Bonchev–Trinajstić information content (AvgIpc) is 3.24. The van der Waals surface area contributed by atoms with Gasteiger partial charge in [0.15, 0.2) is 11.5 Å². The van der Waals surface area contributed by atoms with Crippen molar-refractivity contribution in [2.75, 3.05) is 19.5 Å². The van der Waals surface area contributed by atoms with Gasteiger partial charge in [-0.1, -0.05) is 6.07 Å². The van der Waals surface area contributed by atoms with Crippen LogP contribution in [-0.4, -0.2) is 30.1 Å². The summed E-state index contributed by atoms with van der Waals surface area (Å²) in [5.41, 5.74) is 1.36. The van der Waals surface area contributed by atoms with Crippen molar-refractivity contribution in [2.45, 2.75) is 13.1 Å². The quantitative estimate of drug-likeness (QED) is 0.630. The van der Waals surface area contributed by atoms with Crippen molar-refractivity contribution in [2.24, 2.45) is 0 Å². The van der Waals surface area contributed by atoms with E-state index in [0.29, 0.717) is 41.9 Å². The molecule has 1 aromatic carbocycles. The highest BCUT2D eigenvalue weighted by molar-refractivity contribution is 5.93. The van der Waals surface area contributed by atoms with Gasteiger partial charge in [0.2, 0.25) is 5.95 Å². The molecule has 0 radical (unpaired) electrons. The van der Waals surface area contributed by atoms with Gasteiger partial charge in [0.1, 0.15) is 5.76 Å². The normalized spacial score (nSPS) is 10.3. The molecule has 0 aliphatic carbocycles. The Morgan fingerprint density at radius 2 is 1.85 bits per heavy atom. The molecule has 0 aliphatic heterocycles. The number of carbonyl (C=O) groups excluding carboxylic acids is 1. The largest absolute Gasteiger partial charge is 0.493 e. The summed E-state index contributed by atoms with van der Waals surface area (Å²) in [6.45, 7) is 0.815. The van der Waals surface area contributed by atoms with Crippen LogP contribution in [0.4, 0.5) is 5.95 Å². The Kier molecular flexibility index (Phi) is 5.88. The Labute approximate surface area is 156 Å². The number of methoxy groups -OCH3 is 2. The topological polar surface area (TPSA) is 98.5 Å². The van der Waals surface area contributed by atoms with E-state index >= 15 is 0 Å². The number of carbonyl (C=O) groups is 1. The summed E-state index contributed by atoms with van der Waals surface area (Å²) < 4.78 is 15.7. The maximum absolute atomic E-state index is 12.1. The number of rotatable bonds is 8. The molecular weight excluding hydrogens is 348 g/mol. The summed E-state index contributed by atoms with van der Waals surface area (Å²) in [5, 5.41) is 5.85. The van der Waals surface area contributed by atoms with Crippen molar-refractivity contribution in [1.82, 2.24) is 15.3 Å². The van der Waals surface area contributed by atoms with Gasteiger partial charge in [0, 0.05) is 18.9 Å². The molecular formula is C19H20N4O4. The highest BCUT2D eigenvalue weighted by Gasteiger charge is 2.08. The fourth-order valence-electron chi connectivity index (χ4n) is 2.39. The van der Waals surface area contributed by atoms with Crippen LogP contribution < -0.4 is 20.1 Å². The van der Waals surface area contributed by atoms with E-state index in [0.717, 1.165) is 5.56 Å². The minimum absolute atomic E-state index is 0.266. The first-order valence-corrected chi connectivity index (χ1v) is 8.27. The zero-order valence-corrected chi connectivity index (χ0v) is 15.1. The van der Waals surface area contributed by atoms with Crippen molar-refractivity contribution < 1.29 is 18.7 Å². The maximum atomic E-state index is 12.1. The second-order valence-corrected chi connectivity index (χ2v) is 5.60. The summed E-state index contributed by atoms with van der Waals surface area (Å²) in [6.07, 6.45) is 4.51. The first kappa shape index (κ1) is 18.2. The monoisotopic (exact) mass is 368 g/mol. The number of nitrogens with zero attached hydrogens (tertiary/aromatic N) is 2. The molecule has 2 aromatic heterocycles. The summed E-state index contributed by atoms with van der Waals surface area (Å²) in [7, 11) is 3.18. The Morgan fingerprint density at radius 1 is 1.07 bits per heavy atom. The highest BCUT2D eigenvalue weighted by Crippen LogP contribution is 2.27. The van der Waals surface area contributed by atoms with Gasteiger partial charge in [-0.05, 0) is 29.8 Å². The SMILES string of the molecule is COc1ccc(CNc2ncc(C(=O)NCc3ccco3)cn2)cc1OC. The molecule has 0 spiro atoms. The molecule has 140 valence electrons. The Morgan fingerprint density at radius 3 is 2.52 bits per heavy atom. The standard InChI is InChI=1S/C19H20N4O4/c1-25-16-6-5-13(8-17(16)26-2)9-21-19-22-10-14(11-23-19)18(24)20-12-15-4-3-7-27-15/h3-8,10-11H,9,12H2,1-2H3,(H,20,24)(H,21,22,23). The minimum atomic E-state index is -0.266. The lowest BCUT2D eigenvalue weighted by Crippen LogP contribution is -2.23. The second-order valence-electron chi connectivity index (χ2n) is 5.60. The van der Waals surface area contributed by atoms with Crippen molar-refractivity contribution in [3.05, 3.63) is 65.9 Å². The predicted molar refractivity (Wildman–Crippen MR) is 98.8 cm³/mol. The number of aromatic nitrogens is 2. The lowest BCUT2D eigenvalue weighted by Gasteiger charge is -2.10. The van der Waals surface area contributed by atoms with E-state index in [1.54, 1.807) is 32.6 Å². The first-order valence-electron chi connectivity index (χ1n) is 8.27. The van der Waals surface area contributed by atoms with Crippen LogP contribution >= 0.6 is 0 Å². The number of ether oxygens (including phenoxy) is 2. The number of amides is 1.